The number of anilines is 2. The first kappa shape index (κ1) is 15.2. The van der Waals surface area contributed by atoms with Gasteiger partial charge in [-0.25, -0.2) is 8.42 Å². The fraction of sp³-hybridized carbons (Fsp3) is 0.278. The number of fused-ring (bicyclic) bond motifs is 2. The van der Waals surface area contributed by atoms with Crippen molar-refractivity contribution in [1.82, 2.24) is 0 Å². The Morgan fingerprint density at radius 3 is 2.62 bits per heavy atom. The zero-order valence-corrected chi connectivity index (χ0v) is 14.2. The van der Waals surface area contributed by atoms with E-state index in [1.165, 1.54) is 11.1 Å². The molecule has 1 heterocycles. The van der Waals surface area contributed by atoms with Gasteiger partial charge in [0.1, 0.15) is 0 Å². The Hall–Kier alpha value is -2.34. The fourth-order valence-electron chi connectivity index (χ4n) is 3.46. The van der Waals surface area contributed by atoms with E-state index in [1.807, 2.05) is 18.2 Å². The summed E-state index contributed by atoms with van der Waals surface area (Å²) in [6.07, 6.45) is 3.43. The molecule has 4 rings (SSSR count). The molecule has 0 fully saturated rings. The molecule has 1 N–H and O–H groups in total. The second-order valence-electron chi connectivity index (χ2n) is 6.36. The predicted octanol–water partition coefficient (Wildman–Crippen LogP) is 2.50. The first-order valence-corrected chi connectivity index (χ1v) is 9.46. The second kappa shape index (κ2) is 5.34. The van der Waals surface area contributed by atoms with Gasteiger partial charge >= 0.3 is 0 Å². The van der Waals surface area contributed by atoms with Crippen LogP contribution in [0.5, 0.6) is 0 Å². The van der Waals surface area contributed by atoms with Gasteiger partial charge in [-0.15, -0.1) is 0 Å². The molecule has 0 saturated carbocycles. The first-order chi connectivity index (χ1) is 11.4. The standard InChI is InChI=1S/C18H18N2O3S/c1-20-17-8-7-16(10-14(17)11-18(20)21)24(22,23)19-15-6-5-12-3-2-4-13(12)9-15/h5-10,19H,2-4,11H2,1H3. The third-order valence-electron chi connectivity index (χ3n) is 4.79. The molecule has 0 aromatic heterocycles. The molecular formula is C18H18N2O3S. The molecule has 0 radical (unpaired) electrons. The van der Waals surface area contributed by atoms with Gasteiger partial charge < -0.3 is 4.90 Å². The van der Waals surface area contributed by atoms with E-state index in [4.69, 9.17) is 0 Å². The highest BCUT2D eigenvalue weighted by atomic mass is 32.2. The number of nitrogens with one attached hydrogen (secondary N) is 1. The molecule has 6 heteroatoms. The average Bonchev–Trinajstić information content (AvgIpc) is 3.11. The summed E-state index contributed by atoms with van der Waals surface area (Å²) in [5.74, 6) is -0.0221. The molecule has 2 aliphatic rings. The zero-order chi connectivity index (χ0) is 16.9. The van der Waals surface area contributed by atoms with Crippen molar-refractivity contribution < 1.29 is 13.2 Å². The number of carbonyl (C=O) groups is 1. The number of hydrogen-bond donors (Lipinski definition) is 1. The summed E-state index contributed by atoms with van der Waals surface area (Å²) < 4.78 is 28.0. The van der Waals surface area contributed by atoms with Crippen LogP contribution in [-0.2, 0) is 34.1 Å². The molecule has 1 aliphatic heterocycles. The van der Waals surface area contributed by atoms with Crippen molar-refractivity contribution in [3.63, 3.8) is 0 Å². The second-order valence-corrected chi connectivity index (χ2v) is 8.04. The van der Waals surface area contributed by atoms with Crippen LogP contribution in [0.1, 0.15) is 23.1 Å². The lowest BCUT2D eigenvalue weighted by Gasteiger charge is -2.12. The van der Waals surface area contributed by atoms with E-state index in [0.29, 0.717) is 5.69 Å². The molecule has 1 amide bonds. The van der Waals surface area contributed by atoms with Gasteiger partial charge in [0, 0.05) is 18.4 Å². The summed E-state index contributed by atoms with van der Waals surface area (Å²) in [6, 6.07) is 10.6. The highest BCUT2D eigenvalue weighted by Gasteiger charge is 2.26. The van der Waals surface area contributed by atoms with E-state index in [0.717, 1.165) is 30.5 Å². The molecule has 0 bridgehead atoms. The van der Waals surface area contributed by atoms with Crippen molar-refractivity contribution in [2.75, 3.05) is 16.7 Å². The van der Waals surface area contributed by atoms with Crippen LogP contribution in [0.2, 0.25) is 0 Å². The third-order valence-corrected chi connectivity index (χ3v) is 6.17. The average molecular weight is 342 g/mol. The molecule has 24 heavy (non-hydrogen) atoms. The van der Waals surface area contributed by atoms with Gasteiger partial charge in [0.25, 0.3) is 10.0 Å². The van der Waals surface area contributed by atoms with Crippen molar-refractivity contribution in [2.45, 2.75) is 30.6 Å². The van der Waals surface area contributed by atoms with Crippen molar-refractivity contribution in [1.29, 1.82) is 0 Å². The minimum Gasteiger partial charge on any atom is -0.315 e. The summed E-state index contributed by atoms with van der Waals surface area (Å²) in [5.41, 5.74) is 4.63. The van der Waals surface area contributed by atoms with Gasteiger partial charge in [-0.1, -0.05) is 6.07 Å². The Morgan fingerprint density at radius 2 is 1.79 bits per heavy atom. The minimum absolute atomic E-state index is 0.0221. The SMILES string of the molecule is CN1C(=O)Cc2cc(S(=O)(=O)Nc3ccc4c(c3)CCC4)ccc21. The number of aryl methyl sites for hydroxylation is 2. The third kappa shape index (κ3) is 2.47. The number of nitrogens with zero attached hydrogens (tertiary/aromatic N) is 1. The number of amides is 1. The lowest BCUT2D eigenvalue weighted by molar-refractivity contribution is -0.117. The zero-order valence-electron chi connectivity index (χ0n) is 13.4. The van der Waals surface area contributed by atoms with Crippen molar-refractivity contribution in [3.05, 3.63) is 53.1 Å². The van der Waals surface area contributed by atoms with E-state index in [9.17, 15) is 13.2 Å². The number of carbonyl (C=O) groups excluding carboxylic acids is 1. The molecule has 0 atom stereocenters. The number of hydrogen-bond acceptors (Lipinski definition) is 3. The maximum atomic E-state index is 12.7. The molecule has 2 aromatic rings. The van der Waals surface area contributed by atoms with Gasteiger partial charge in [0.15, 0.2) is 0 Å². The topological polar surface area (TPSA) is 66.5 Å². The van der Waals surface area contributed by atoms with Crippen LogP contribution in [0.4, 0.5) is 11.4 Å². The minimum atomic E-state index is -3.67. The van der Waals surface area contributed by atoms with Gasteiger partial charge in [-0.2, -0.15) is 0 Å². The summed E-state index contributed by atoms with van der Waals surface area (Å²) in [6.45, 7) is 0. The van der Waals surface area contributed by atoms with Crippen molar-refractivity contribution >= 4 is 27.3 Å². The first-order valence-electron chi connectivity index (χ1n) is 7.98. The van der Waals surface area contributed by atoms with E-state index in [2.05, 4.69) is 4.72 Å². The Kier molecular flexibility index (Phi) is 3.38. The monoisotopic (exact) mass is 342 g/mol. The maximum Gasteiger partial charge on any atom is 0.261 e. The summed E-state index contributed by atoms with van der Waals surface area (Å²) in [5, 5.41) is 0. The van der Waals surface area contributed by atoms with Crippen LogP contribution in [0, 0.1) is 0 Å². The van der Waals surface area contributed by atoms with Crippen LogP contribution >= 0.6 is 0 Å². The van der Waals surface area contributed by atoms with Gasteiger partial charge in [0.05, 0.1) is 11.3 Å². The quantitative estimate of drug-likeness (QED) is 0.932. The summed E-state index contributed by atoms with van der Waals surface area (Å²) in [7, 11) is -1.97. The highest BCUT2D eigenvalue weighted by molar-refractivity contribution is 7.92. The van der Waals surface area contributed by atoms with E-state index in [1.54, 1.807) is 30.1 Å². The number of benzene rings is 2. The van der Waals surface area contributed by atoms with Crippen LogP contribution < -0.4 is 9.62 Å². The summed E-state index contributed by atoms with van der Waals surface area (Å²) in [4.78, 5) is 13.5. The van der Waals surface area contributed by atoms with Crippen LogP contribution in [-0.4, -0.2) is 21.4 Å². The molecule has 1 aliphatic carbocycles. The van der Waals surface area contributed by atoms with Crippen LogP contribution in [0.25, 0.3) is 0 Å². The Bertz CT molecular complexity index is 951. The van der Waals surface area contributed by atoms with E-state index >= 15 is 0 Å². The summed E-state index contributed by atoms with van der Waals surface area (Å²) >= 11 is 0. The van der Waals surface area contributed by atoms with Crippen LogP contribution in [0.15, 0.2) is 41.3 Å². The fourth-order valence-corrected chi connectivity index (χ4v) is 4.56. The molecule has 5 nitrogen and oxygen atoms in total. The Labute approximate surface area is 141 Å². The van der Waals surface area contributed by atoms with Crippen LogP contribution in [0.3, 0.4) is 0 Å². The lowest BCUT2D eigenvalue weighted by Crippen LogP contribution is -2.20. The van der Waals surface area contributed by atoms with E-state index < -0.39 is 10.0 Å². The van der Waals surface area contributed by atoms with Crippen molar-refractivity contribution in [3.8, 4) is 0 Å². The Morgan fingerprint density at radius 1 is 1.00 bits per heavy atom. The highest BCUT2D eigenvalue weighted by Crippen LogP contribution is 2.31. The number of rotatable bonds is 3. The van der Waals surface area contributed by atoms with E-state index in [-0.39, 0.29) is 17.2 Å². The smallest absolute Gasteiger partial charge is 0.261 e. The normalized spacial score (nSPS) is 16.2. The Balaban J connectivity index is 1.64. The molecule has 0 spiro atoms. The molecule has 0 unspecified atom stereocenters. The molecule has 124 valence electrons. The number of sulfonamides is 1. The lowest BCUT2D eigenvalue weighted by atomic mass is 10.1. The molecule has 2 aromatic carbocycles. The van der Waals surface area contributed by atoms with Gasteiger partial charge in [-0.05, 0) is 66.3 Å². The predicted molar refractivity (Wildman–Crippen MR) is 92.8 cm³/mol. The van der Waals surface area contributed by atoms with Gasteiger partial charge in [0.2, 0.25) is 5.91 Å². The maximum absolute atomic E-state index is 12.7. The molecule has 0 saturated heterocycles. The number of likely N-dealkylation sites (N-methyl/N-ethyl adjacent to an activating group) is 1. The van der Waals surface area contributed by atoms with Crippen molar-refractivity contribution in [2.24, 2.45) is 0 Å². The molecular weight excluding hydrogens is 324 g/mol. The largest absolute Gasteiger partial charge is 0.315 e. The van der Waals surface area contributed by atoms with Gasteiger partial charge in [-0.3, -0.25) is 9.52 Å².